The fourth-order valence-electron chi connectivity index (χ4n) is 2.08. The summed E-state index contributed by atoms with van der Waals surface area (Å²) in [5.74, 6) is 0.125. The van der Waals surface area contributed by atoms with E-state index in [0.717, 1.165) is 38.8 Å². The van der Waals surface area contributed by atoms with Crippen LogP contribution in [-0.2, 0) is 9.59 Å². The van der Waals surface area contributed by atoms with Crippen LogP contribution in [0.15, 0.2) is 0 Å². The highest BCUT2D eigenvalue weighted by Crippen LogP contribution is 2.13. The summed E-state index contributed by atoms with van der Waals surface area (Å²) in [6, 6.07) is 0.161. The number of alkyl halides is 1. The van der Waals surface area contributed by atoms with Crippen LogP contribution in [0.2, 0.25) is 0 Å². The second kappa shape index (κ2) is 7.62. The van der Waals surface area contributed by atoms with E-state index >= 15 is 0 Å². The molecule has 1 heterocycles. The molecule has 1 aliphatic rings. The lowest BCUT2D eigenvalue weighted by Crippen LogP contribution is -2.47. The molecular weight excluding hydrogens is 252 g/mol. The molecule has 1 fully saturated rings. The Labute approximate surface area is 114 Å². The van der Waals surface area contributed by atoms with E-state index in [1.54, 1.807) is 6.92 Å². The predicted octanol–water partition coefficient (Wildman–Crippen LogP) is 1.91. The van der Waals surface area contributed by atoms with Gasteiger partial charge in [-0.2, -0.15) is 0 Å². The van der Waals surface area contributed by atoms with Crippen LogP contribution in [0.5, 0.6) is 0 Å². The lowest BCUT2D eigenvalue weighted by molar-refractivity contribution is -0.132. The maximum Gasteiger partial charge on any atom is 0.237 e. The number of halogens is 1. The van der Waals surface area contributed by atoms with Gasteiger partial charge in [-0.15, -0.1) is 11.6 Å². The van der Waals surface area contributed by atoms with Crippen LogP contribution >= 0.6 is 11.6 Å². The Hall–Kier alpha value is -0.770. The molecule has 1 saturated heterocycles. The summed E-state index contributed by atoms with van der Waals surface area (Å²) in [4.78, 5) is 25.2. The zero-order valence-electron chi connectivity index (χ0n) is 11.2. The largest absolute Gasteiger partial charge is 0.352 e. The van der Waals surface area contributed by atoms with Crippen molar-refractivity contribution in [3.63, 3.8) is 0 Å². The van der Waals surface area contributed by atoms with Gasteiger partial charge in [0.1, 0.15) is 5.38 Å². The number of amides is 2. The molecule has 0 radical (unpaired) electrons. The van der Waals surface area contributed by atoms with E-state index in [2.05, 4.69) is 12.2 Å². The Morgan fingerprint density at radius 1 is 1.39 bits per heavy atom. The summed E-state index contributed by atoms with van der Waals surface area (Å²) in [6.07, 6.45) is 4.30. The van der Waals surface area contributed by atoms with E-state index < -0.39 is 5.38 Å². The molecule has 0 saturated carbocycles. The van der Waals surface area contributed by atoms with Crippen molar-refractivity contribution in [3.05, 3.63) is 0 Å². The van der Waals surface area contributed by atoms with E-state index in [9.17, 15) is 9.59 Å². The number of piperidine rings is 1. The second-order valence-corrected chi connectivity index (χ2v) is 5.54. The number of hydrogen-bond donors (Lipinski definition) is 1. The monoisotopic (exact) mass is 274 g/mol. The van der Waals surface area contributed by atoms with Crippen molar-refractivity contribution in [3.8, 4) is 0 Å². The van der Waals surface area contributed by atoms with Crippen LogP contribution in [0.25, 0.3) is 0 Å². The Bertz CT molecular complexity index is 287. The average molecular weight is 275 g/mol. The molecule has 0 aromatic carbocycles. The van der Waals surface area contributed by atoms with Crippen LogP contribution < -0.4 is 5.32 Å². The van der Waals surface area contributed by atoms with E-state index in [1.807, 2.05) is 4.90 Å². The van der Waals surface area contributed by atoms with Gasteiger partial charge in [-0.1, -0.05) is 13.3 Å². The first-order chi connectivity index (χ1) is 8.54. The third-order valence-electron chi connectivity index (χ3n) is 3.30. The molecule has 104 valence electrons. The second-order valence-electron chi connectivity index (χ2n) is 4.88. The van der Waals surface area contributed by atoms with Gasteiger partial charge in [0.15, 0.2) is 0 Å². The van der Waals surface area contributed by atoms with E-state index in [1.165, 1.54) is 0 Å². The number of rotatable bonds is 5. The number of carbonyl (C=O) groups is 2. The van der Waals surface area contributed by atoms with Crippen molar-refractivity contribution < 1.29 is 9.59 Å². The summed E-state index contributed by atoms with van der Waals surface area (Å²) >= 11 is 5.71. The Morgan fingerprint density at radius 2 is 2.00 bits per heavy atom. The molecule has 0 aromatic heterocycles. The standard InChI is InChI=1S/C13H23ClN2O2/c1-3-4-5-12(17)16-8-6-11(7-9-16)15-13(18)10(2)14/h10-11H,3-9H2,1-2H3,(H,15,18). The molecular formula is C13H23ClN2O2. The van der Waals surface area contributed by atoms with Gasteiger partial charge in [-0.3, -0.25) is 9.59 Å². The normalized spacial score (nSPS) is 18.5. The first kappa shape index (κ1) is 15.3. The molecule has 1 aliphatic heterocycles. The molecule has 1 N–H and O–H groups in total. The molecule has 2 amide bonds. The fourth-order valence-corrected chi connectivity index (χ4v) is 2.14. The highest BCUT2D eigenvalue weighted by atomic mass is 35.5. The Balaban J connectivity index is 2.28. The van der Waals surface area contributed by atoms with Crippen molar-refractivity contribution >= 4 is 23.4 Å². The minimum absolute atomic E-state index is 0.118. The number of carbonyl (C=O) groups excluding carboxylic acids is 2. The minimum Gasteiger partial charge on any atom is -0.352 e. The molecule has 0 spiro atoms. The lowest BCUT2D eigenvalue weighted by atomic mass is 10.0. The molecule has 0 aliphatic carbocycles. The number of unbranched alkanes of at least 4 members (excludes halogenated alkanes) is 1. The van der Waals surface area contributed by atoms with Crippen LogP contribution in [0.3, 0.4) is 0 Å². The third-order valence-corrected chi connectivity index (χ3v) is 3.50. The summed E-state index contributed by atoms with van der Waals surface area (Å²) in [6.45, 7) is 5.23. The predicted molar refractivity (Wildman–Crippen MR) is 72.6 cm³/mol. The molecule has 1 atom stereocenters. The molecule has 5 heteroatoms. The van der Waals surface area contributed by atoms with Crippen LogP contribution in [0.4, 0.5) is 0 Å². The van der Waals surface area contributed by atoms with Crippen LogP contribution in [-0.4, -0.2) is 41.2 Å². The van der Waals surface area contributed by atoms with Crippen molar-refractivity contribution in [1.29, 1.82) is 0 Å². The first-order valence-electron chi connectivity index (χ1n) is 6.76. The molecule has 1 rings (SSSR count). The van der Waals surface area contributed by atoms with Gasteiger partial charge in [-0.25, -0.2) is 0 Å². The topological polar surface area (TPSA) is 49.4 Å². The Kier molecular flexibility index (Phi) is 6.47. The maximum absolute atomic E-state index is 11.8. The van der Waals surface area contributed by atoms with Gasteiger partial charge in [0.05, 0.1) is 0 Å². The zero-order valence-corrected chi connectivity index (χ0v) is 12.0. The van der Waals surface area contributed by atoms with Crippen molar-refractivity contribution in [1.82, 2.24) is 10.2 Å². The lowest BCUT2D eigenvalue weighted by Gasteiger charge is -2.32. The quantitative estimate of drug-likeness (QED) is 0.779. The highest BCUT2D eigenvalue weighted by molar-refractivity contribution is 6.30. The number of hydrogen-bond acceptors (Lipinski definition) is 2. The maximum atomic E-state index is 11.8. The van der Waals surface area contributed by atoms with Gasteiger partial charge in [0, 0.05) is 25.6 Å². The van der Waals surface area contributed by atoms with Crippen molar-refractivity contribution in [2.45, 2.75) is 57.4 Å². The van der Waals surface area contributed by atoms with E-state index in [0.29, 0.717) is 6.42 Å². The average Bonchev–Trinajstić information content (AvgIpc) is 2.36. The Morgan fingerprint density at radius 3 is 2.50 bits per heavy atom. The number of nitrogens with one attached hydrogen (secondary N) is 1. The summed E-state index contributed by atoms with van der Waals surface area (Å²) in [5.41, 5.74) is 0. The van der Waals surface area contributed by atoms with Gasteiger partial charge in [0.2, 0.25) is 11.8 Å². The van der Waals surface area contributed by atoms with Crippen LogP contribution in [0, 0.1) is 0 Å². The molecule has 18 heavy (non-hydrogen) atoms. The highest BCUT2D eigenvalue weighted by Gasteiger charge is 2.24. The SMILES string of the molecule is CCCCC(=O)N1CCC(NC(=O)C(C)Cl)CC1. The molecule has 1 unspecified atom stereocenters. The summed E-state index contributed by atoms with van der Waals surface area (Å²) in [7, 11) is 0. The first-order valence-corrected chi connectivity index (χ1v) is 7.20. The van der Waals surface area contributed by atoms with Crippen molar-refractivity contribution in [2.75, 3.05) is 13.1 Å². The minimum atomic E-state index is -0.491. The number of nitrogens with zero attached hydrogens (tertiary/aromatic N) is 1. The van der Waals surface area contributed by atoms with E-state index in [4.69, 9.17) is 11.6 Å². The summed E-state index contributed by atoms with van der Waals surface area (Å²) in [5, 5.41) is 2.42. The van der Waals surface area contributed by atoms with Gasteiger partial charge >= 0.3 is 0 Å². The van der Waals surface area contributed by atoms with E-state index in [-0.39, 0.29) is 17.9 Å². The van der Waals surface area contributed by atoms with Gasteiger partial charge < -0.3 is 10.2 Å². The summed E-state index contributed by atoms with van der Waals surface area (Å²) < 4.78 is 0. The fraction of sp³-hybridized carbons (Fsp3) is 0.846. The third kappa shape index (κ3) is 4.84. The molecule has 0 bridgehead atoms. The van der Waals surface area contributed by atoms with Gasteiger partial charge in [0.25, 0.3) is 0 Å². The molecule has 4 nitrogen and oxygen atoms in total. The molecule has 0 aromatic rings. The smallest absolute Gasteiger partial charge is 0.237 e. The number of likely N-dealkylation sites (tertiary alicyclic amines) is 1. The zero-order chi connectivity index (χ0) is 13.5. The van der Waals surface area contributed by atoms with Gasteiger partial charge in [-0.05, 0) is 26.2 Å². The van der Waals surface area contributed by atoms with Crippen molar-refractivity contribution in [2.24, 2.45) is 0 Å². The van der Waals surface area contributed by atoms with Crippen LogP contribution in [0.1, 0.15) is 46.0 Å².